The summed E-state index contributed by atoms with van der Waals surface area (Å²) in [5.74, 6) is 0.328. The van der Waals surface area contributed by atoms with Gasteiger partial charge in [0.25, 0.3) is 5.91 Å². The Hall–Kier alpha value is -4.00. The zero-order valence-electron chi connectivity index (χ0n) is 16.5. The number of aromatic nitrogens is 3. The first-order chi connectivity index (χ1) is 14.5. The number of anilines is 1. The topological polar surface area (TPSA) is 69.0 Å². The second-order valence-corrected chi connectivity index (χ2v) is 6.76. The lowest BCUT2D eigenvalue weighted by Crippen LogP contribution is -2.13. The number of carbonyl (C=O) groups excluding carboxylic acids is 1. The minimum atomic E-state index is -0.413. The highest BCUT2D eigenvalue weighted by Crippen LogP contribution is 2.22. The molecule has 4 rings (SSSR count). The van der Waals surface area contributed by atoms with E-state index >= 15 is 0 Å². The van der Waals surface area contributed by atoms with E-state index in [-0.39, 0.29) is 11.6 Å². The summed E-state index contributed by atoms with van der Waals surface area (Å²) in [7, 11) is 0. The maximum atomic E-state index is 14.0. The van der Waals surface area contributed by atoms with Crippen molar-refractivity contribution in [1.29, 1.82) is 0 Å². The predicted octanol–water partition coefficient (Wildman–Crippen LogP) is 5.07. The molecule has 2 aromatic heterocycles. The molecule has 1 N–H and O–H groups in total. The van der Waals surface area contributed by atoms with E-state index in [4.69, 9.17) is 4.74 Å². The first-order valence-corrected chi connectivity index (χ1v) is 9.33. The second-order valence-electron chi connectivity index (χ2n) is 6.76. The van der Waals surface area contributed by atoms with Crippen molar-refractivity contribution in [3.63, 3.8) is 0 Å². The fourth-order valence-corrected chi connectivity index (χ4v) is 2.94. The van der Waals surface area contributed by atoms with Gasteiger partial charge in [0.1, 0.15) is 17.3 Å². The summed E-state index contributed by atoms with van der Waals surface area (Å²) < 4.78 is 21.1. The van der Waals surface area contributed by atoms with Gasteiger partial charge in [-0.1, -0.05) is 29.8 Å². The lowest BCUT2D eigenvalue weighted by Gasteiger charge is -2.08. The highest BCUT2D eigenvalue weighted by Gasteiger charge is 2.17. The molecular formula is C23H19FN4O2. The number of hydrogen-bond donors (Lipinski definition) is 1. The average Bonchev–Trinajstić information content (AvgIpc) is 3.13. The lowest BCUT2D eigenvalue weighted by atomic mass is 10.2. The number of benzene rings is 2. The van der Waals surface area contributed by atoms with Gasteiger partial charge in [0.05, 0.1) is 29.3 Å². The van der Waals surface area contributed by atoms with Crippen LogP contribution in [0.15, 0.2) is 73.1 Å². The van der Waals surface area contributed by atoms with E-state index in [1.165, 1.54) is 23.1 Å². The largest absolute Gasteiger partial charge is 0.439 e. The highest BCUT2D eigenvalue weighted by atomic mass is 19.1. The zero-order chi connectivity index (χ0) is 21.1. The Morgan fingerprint density at radius 3 is 2.47 bits per heavy atom. The highest BCUT2D eigenvalue weighted by molar-refractivity contribution is 6.04. The smallest absolute Gasteiger partial charge is 0.259 e. The molecule has 2 heterocycles. The van der Waals surface area contributed by atoms with Gasteiger partial charge in [-0.05, 0) is 44.2 Å². The number of aryl methyl sites for hydroxylation is 1. The van der Waals surface area contributed by atoms with Gasteiger partial charge in [-0.15, -0.1) is 0 Å². The molecule has 1 amide bonds. The summed E-state index contributed by atoms with van der Waals surface area (Å²) in [6.07, 6.45) is 2.93. The van der Waals surface area contributed by atoms with Gasteiger partial charge >= 0.3 is 0 Å². The number of halogens is 1. The first-order valence-electron chi connectivity index (χ1n) is 9.33. The minimum absolute atomic E-state index is 0.285. The van der Waals surface area contributed by atoms with Gasteiger partial charge in [0.2, 0.25) is 5.88 Å². The van der Waals surface area contributed by atoms with E-state index < -0.39 is 5.82 Å². The Kier molecular flexibility index (Phi) is 5.26. The Labute approximate surface area is 173 Å². The molecule has 0 fully saturated rings. The molecule has 4 aromatic rings. The van der Waals surface area contributed by atoms with Crippen molar-refractivity contribution in [2.75, 3.05) is 5.32 Å². The summed E-state index contributed by atoms with van der Waals surface area (Å²) in [5, 5.41) is 6.93. The van der Waals surface area contributed by atoms with Gasteiger partial charge in [-0.3, -0.25) is 4.79 Å². The van der Waals surface area contributed by atoms with Gasteiger partial charge < -0.3 is 10.1 Å². The Balaban J connectivity index is 1.46. The molecule has 0 saturated carbocycles. The normalized spacial score (nSPS) is 10.6. The van der Waals surface area contributed by atoms with Crippen LogP contribution in [0.25, 0.3) is 5.69 Å². The first kappa shape index (κ1) is 19.3. The van der Waals surface area contributed by atoms with Crippen molar-refractivity contribution in [2.24, 2.45) is 0 Å². The molecule has 6 nitrogen and oxygen atoms in total. The van der Waals surface area contributed by atoms with Crippen LogP contribution in [-0.4, -0.2) is 20.7 Å². The number of nitrogens with one attached hydrogen (secondary N) is 1. The maximum absolute atomic E-state index is 14.0. The zero-order valence-corrected chi connectivity index (χ0v) is 16.5. The third-order valence-electron chi connectivity index (χ3n) is 4.57. The number of pyridine rings is 1. The molecule has 0 saturated heterocycles. The van der Waals surface area contributed by atoms with Crippen LogP contribution in [0.2, 0.25) is 0 Å². The molecule has 0 bridgehead atoms. The van der Waals surface area contributed by atoms with Gasteiger partial charge in [0.15, 0.2) is 0 Å². The number of ether oxygens (including phenoxy) is 1. The van der Waals surface area contributed by atoms with Crippen molar-refractivity contribution >= 4 is 11.6 Å². The summed E-state index contributed by atoms with van der Waals surface area (Å²) in [6.45, 7) is 3.71. The number of nitrogens with zero attached hydrogens (tertiary/aromatic N) is 3. The molecule has 0 unspecified atom stereocenters. The van der Waals surface area contributed by atoms with Crippen LogP contribution < -0.4 is 10.1 Å². The van der Waals surface area contributed by atoms with Crippen LogP contribution in [0, 0.1) is 19.7 Å². The van der Waals surface area contributed by atoms with E-state index in [0.717, 1.165) is 5.56 Å². The minimum Gasteiger partial charge on any atom is -0.439 e. The van der Waals surface area contributed by atoms with E-state index in [2.05, 4.69) is 15.4 Å². The fraction of sp³-hybridized carbons (Fsp3) is 0.0870. The third kappa shape index (κ3) is 4.05. The van der Waals surface area contributed by atoms with Crippen LogP contribution in [0.3, 0.4) is 0 Å². The number of rotatable bonds is 5. The molecule has 7 heteroatoms. The average molecular weight is 402 g/mol. The summed E-state index contributed by atoms with van der Waals surface area (Å²) in [6, 6.07) is 17.3. The maximum Gasteiger partial charge on any atom is 0.259 e. The van der Waals surface area contributed by atoms with Crippen LogP contribution in [0.5, 0.6) is 11.6 Å². The number of para-hydroxylation sites is 1. The van der Waals surface area contributed by atoms with Gasteiger partial charge in [0, 0.05) is 6.07 Å². The van der Waals surface area contributed by atoms with E-state index in [0.29, 0.717) is 28.6 Å². The molecule has 0 atom stereocenters. The third-order valence-corrected chi connectivity index (χ3v) is 4.57. The number of carbonyl (C=O) groups is 1. The monoisotopic (exact) mass is 402 g/mol. The van der Waals surface area contributed by atoms with Crippen molar-refractivity contribution < 1.29 is 13.9 Å². The lowest BCUT2D eigenvalue weighted by molar-refractivity contribution is 0.102. The van der Waals surface area contributed by atoms with Crippen molar-refractivity contribution in [3.05, 3.63) is 95.7 Å². The fourth-order valence-electron chi connectivity index (χ4n) is 2.94. The van der Waals surface area contributed by atoms with E-state index in [1.807, 2.05) is 31.2 Å². The molecule has 0 aliphatic rings. The Bertz CT molecular complexity index is 1180. The molecule has 0 spiro atoms. The van der Waals surface area contributed by atoms with Crippen LogP contribution >= 0.6 is 0 Å². The SMILES string of the molecule is Cc1ccc(Oc2ccc(NC(=O)c3cnn(-c4ccccc4F)c3C)cn2)cc1. The van der Waals surface area contributed by atoms with Crippen LogP contribution in [0.1, 0.15) is 21.6 Å². The molecule has 2 aromatic carbocycles. The van der Waals surface area contributed by atoms with Crippen molar-refractivity contribution in [3.8, 4) is 17.3 Å². The number of amides is 1. The number of hydrogen-bond acceptors (Lipinski definition) is 4. The van der Waals surface area contributed by atoms with E-state index in [9.17, 15) is 9.18 Å². The summed E-state index contributed by atoms with van der Waals surface area (Å²) >= 11 is 0. The molecule has 30 heavy (non-hydrogen) atoms. The summed E-state index contributed by atoms with van der Waals surface area (Å²) in [4.78, 5) is 16.9. The van der Waals surface area contributed by atoms with Gasteiger partial charge in [-0.2, -0.15) is 5.10 Å². The molecule has 150 valence electrons. The predicted molar refractivity (Wildman–Crippen MR) is 112 cm³/mol. The van der Waals surface area contributed by atoms with Crippen molar-refractivity contribution in [1.82, 2.24) is 14.8 Å². The van der Waals surface area contributed by atoms with Crippen LogP contribution in [-0.2, 0) is 0 Å². The quantitative estimate of drug-likeness (QED) is 0.506. The molecule has 0 radical (unpaired) electrons. The molecule has 0 aliphatic carbocycles. The van der Waals surface area contributed by atoms with Gasteiger partial charge in [-0.25, -0.2) is 14.1 Å². The second kappa shape index (κ2) is 8.16. The standard InChI is InChI=1S/C23H19FN4O2/c1-15-7-10-18(11-8-15)30-22-12-9-17(13-25-22)27-23(29)19-14-26-28(16(19)2)21-6-4-3-5-20(21)24/h3-14H,1-2H3,(H,27,29). The van der Waals surface area contributed by atoms with E-state index in [1.54, 1.807) is 37.3 Å². The van der Waals surface area contributed by atoms with Crippen LogP contribution in [0.4, 0.5) is 10.1 Å². The molecule has 0 aliphatic heterocycles. The molecular weight excluding hydrogens is 383 g/mol. The Morgan fingerprint density at radius 2 is 1.77 bits per heavy atom. The van der Waals surface area contributed by atoms with Crippen molar-refractivity contribution in [2.45, 2.75) is 13.8 Å². The Morgan fingerprint density at radius 1 is 1.00 bits per heavy atom. The summed E-state index contributed by atoms with van der Waals surface area (Å²) in [5.41, 5.74) is 2.81.